The topological polar surface area (TPSA) is 40.2 Å². The van der Waals surface area contributed by atoms with Gasteiger partial charge in [0.05, 0.1) is 10.2 Å². The summed E-state index contributed by atoms with van der Waals surface area (Å²) in [7, 11) is 3.95. The maximum Gasteiger partial charge on any atom is 0.183 e. The molecule has 2 heterocycles. The highest BCUT2D eigenvalue weighted by molar-refractivity contribution is 7.22. The van der Waals surface area contributed by atoms with Crippen LogP contribution in [0.5, 0.6) is 0 Å². The van der Waals surface area contributed by atoms with Crippen molar-refractivity contribution in [2.24, 2.45) is 0 Å². The monoisotopic (exact) mass is 262 g/mol. The SMILES string of the molecule is CNc1nc2ccc(N3CC[C@H](NC)C3)cc2s1. The summed E-state index contributed by atoms with van der Waals surface area (Å²) in [4.78, 5) is 6.95. The molecule has 0 radical (unpaired) electrons. The summed E-state index contributed by atoms with van der Waals surface area (Å²) in [5, 5.41) is 7.44. The maximum absolute atomic E-state index is 4.51. The molecule has 1 aliphatic heterocycles. The molecular formula is C13H18N4S. The molecule has 1 atom stereocenters. The van der Waals surface area contributed by atoms with E-state index in [0.717, 1.165) is 23.7 Å². The minimum Gasteiger partial charge on any atom is -0.370 e. The third kappa shape index (κ3) is 2.04. The third-order valence-corrected chi connectivity index (χ3v) is 4.58. The van der Waals surface area contributed by atoms with Crippen molar-refractivity contribution < 1.29 is 0 Å². The van der Waals surface area contributed by atoms with Crippen molar-refractivity contribution in [1.29, 1.82) is 0 Å². The number of likely N-dealkylation sites (N-methyl/N-ethyl adjacent to an activating group) is 1. The summed E-state index contributed by atoms with van der Waals surface area (Å²) in [6, 6.07) is 7.18. The largest absolute Gasteiger partial charge is 0.370 e. The molecule has 0 amide bonds. The summed E-state index contributed by atoms with van der Waals surface area (Å²) in [5.41, 5.74) is 2.39. The Morgan fingerprint density at radius 3 is 3.00 bits per heavy atom. The van der Waals surface area contributed by atoms with Crippen LogP contribution in [0.15, 0.2) is 18.2 Å². The molecule has 3 rings (SSSR count). The van der Waals surface area contributed by atoms with Crippen LogP contribution in [-0.4, -0.2) is 38.2 Å². The first-order valence-electron chi connectivity index (χ1n) is 6.30. The molecule has 1 aromatic heterocycles. The van der Waals surface area contributed by atoms with Crippen molar-refractivity contribution in [3.8, 4) is 0 Å². The normalized spacial score (nSPS) is 19.7. The van der Waals surface area contributed by atoms with Gasteiger partial charge in [0.25, 0.3) is 0 Å². The average Bonchev–Trinajstić information content (AvgIpc) is 3.03. The van der Waals surface area contributed by atoms with Gasteiger partial charge in [-0.05, 0) is 31.7 Å². The second-order valence-corrected chi connectivity index (χ2v) is 5.67. The highest BCUT2D eigenvalue weighted by atomic mass is 32.1. The number of nitrogens with zero attached hydrogens (tertiary/aromatic N) is 2. The van der Waals surface area contributed by atoms with Crippen LogP contribution in [0.2, 0.25) is 0 Å². The lowest BCUT2D eigenvalue weighted by atomic mass is 10.2. The first-order chi connectivity index (χ1) is 8.80. The van der Waals surface area contributed by atoms with Gasteiger partial charge in [0.2, 0.25) is 0 Å². The van der Waals surface area contributed by atoms with E-state index in [1.54, 1.807) is 11.3 Å². The van der Waals surface area contributed by atoms with Crippen LogP contribution >= 0.6 is 11.3 Å². The Labute approximate surface area is 111 Å². The van der Waals surface area contributed by atoms with E-state index in [1.165, 1.54) is 16.8 Å². The van der Waals surface area contributed by atoms with E-state index in [0.29, 0.717) is 6.04 Å². The van der Waals surface area contributed by atoms with Gasteiger partial charge in [0, 0.05) is 31.9 Å². The highest BCUT2D eigenvalue weighted by Crippen LogP contribution is 2.30. The van der Waals surface area contributed by atoms with E-state index in [2.05, 4.69) is 38.7 Å². The minimum atomic E-state index is 0.620. The Balaban J connectivity index is 1.88. The van der Waals surface area contributed by atoms with Gasteiger partial charge in [-0.25, -0.2) is 4.98 Å². The van der Waals surface area contributed by atoms with Crippen molar-refractivity contribution >= 4 is 32.4 Å². The minimum absolute atomic E-state index is 0.620. The van der Waals surface area contributed by atoms with Crippen LogP contribution < -0.4 is 15.5 Å². The van der Waals surface area contributed by atoms with Gasteiger partial charge in [-0.2, -0.15) is 0 Å². The summed E-state index contributed by atoms with van der Waals surface area (Å²) >= 11 is 1.71. The first-order valence-corrected chi connectivity index (χ1v) is 7.12. The summed E-state index contributed by atoms with van der Waals surface area (Å²) in [6.45, 7) is 2.23. The number of hydrogen-bond acceptors (Lipinski definition) is 5. The maximum atomic E-state index is 4.51. The molecule has 2 N–H and O–H groups in total. The Morgan fingerprint density at radius 2 is 2.28 bits per heavy atom. The Hall–Kier alpha value is -1.33. The van der Waals surface area contributed by atoms with Crippen LogP contribution in [-0.2, 0) is 0 Å². The molecule has 1 aromatic carbocycles. The van der Waals surface area contributed by atoms with Gasteiger partial charge in [-0.15, -0.1) is 0 Å². The van der Waals surface area contributed by atoms with Crippen molar-refractivity contribution in [2.45, 2.75) is 12.5 Å². The number of nitrogens with one attached hydrogen (secondary N) is 2. The number of rotatable bonds is 3. The number of hydrogen-bond donors (Lipinski definition) is 2. The van der Waals surface area contributed by atoms with Crippen molar-refractivity contribution in [1.82, 2.24) is 10.3 Å². The molecule has 0 spiro atoms. The molecule has 1 saturated heterocycles. The lowest BCUT2D eigenvalue weighted by Crippen LogP contribution is -2.29. The van der Waals surface area contributed by atoms with Crippen molar-refractivity contribution in [2.75, 3.05) is 37.4 Å². The fourth-order valence-corrected chi connectivity index (χ4v) is 3.30. The molecule has 0 unspecified atom stereocenters. The molecule has 1 aliphatic rings. The number of thiazole rings is 1. The van der Waals surface area contributed by atoms with Gasteiger partial charge in [0.1, 0.15) is 0 Å². The van der Waals surface area contributed by atoms with Gasteiger partial charge in [-0.1, -0.05) is 11.3 Å². The highest BCUT2D eigenvalue weighted by Gasteiger charge is 2.21. The number of benzene rings is 1. The fraction of sp³-hybridized carbons (Fsp3) is 0.462. The van der Waals surface area contributed by atoms with Gasteiger partial charge in [-0.3, -0.25) is 0 Å². The average molecular weight is 262 g/mol. The predicted molar refractivity (Wildman–Crippen MR) is 78.8 cm³/mol. The zero-order valence-electron chi connectivity index (χ0n) is 10.7. The summed E-state index contributed by atoms with van der Waals surface area (Å²) < 4.78 is 1.25. The number of anilines is 2. The van der Waals surface area contributed by atoms with E-state index in [9.17, 15) is 0 Å². The number of fused-ring (bicyclic) bond motifs is 1. The van der Waals surface area contributed by atoms with Crippen LogP contribution in [0.4, 0.5) is 10.8 Å². The fourth-order valence-electron chi connectivity index (χ4n) is 2.45. The first kappa shape index (κ1) is 11.7. The van der Waals surface area contributed by atoms with E-state index in [1.807, 2.05) is 14.1 Å². The lowest BCUT2D eigenvalue weighted by molar-refractivity contribution is 0.617. The molecule has 2 aromatic rings. The second kappa shape index (κ2) is 4.74. The van der Waals surface area contributed by atoms with E-state index in [4.69, 9.17) is 0 Å². The number of aromatic nitrogens is 1. The van der Waals surface area contributed by atoms with Crippen LogP contribution in [0.1, 0.15) is 6.42 Å². The van der Waals surface area contributed by atoms with Gasteiger partial charge >= 0.3 is 0 Å². The Kier molecular flexibility index (Phi) is 3.09. The molecule has 4 nitrogen and oxygen atoms in total. The third-order valence-electron chi connectivity index (χ3n) is 3.55. The molecule has 1 fully saturated rings. The molecule has 0 saturated carbocycles. The second-order valence-electron chi connectivity index (χ2n) is 4.64. The van der Waals surface area contributed by atoms with E-state index >= 15 is 0 Å². The molecule has 96 valence electrons. The van der Waals surface area contributed by atoms with Crippen molar-refractivity contribution in [3.05, 3.63) is 18.2 Å². The molecule has 5 heteroatoms. The summed E-state index contributed by atoms with van der Waals surface area (Å²) in [5.74, 6) is 0. The molecule has 0 bridgehead atoms. The van der Waals surface area contributed by atoms with E-state index in [-0.39, 0.29) is 0 Å². The molecule has 18 heavy (non-hydrogen) atoms. The standard InChI is InChI=1S/C13H18N4S/c1-14-9-5-6-17(8-9)10-3-4-11-12(7-10)18-13(15-2)16-11/h3-4,7,9,14H,5-6,8H2,1-2H3,(H,15,16)/t9-/m0/s1. The van der Waals surface area contributed by atoms with Crippen molar-refractivity contribution in [3.63, 3.8) is 0 Å². The lowest BCUT2D eigenvalue weighted by Gasteiger charge is -2.18. The van der Waals surface area contributed by atoms with E-state index < -0.39 is 0 Å². The zero-order chi connectivity index (χ0) is 12.5. The summed E-state index contributed by atoms with van der Waals surface area (Å²) in [6.07, 6.45) is 1.22. The quantitative estimate of drug-likeness (QED) is 0.889. The smallest absolute Gasteiger partial charge is 0.183 e. The van der Waals surface area contributed by atoms with Crippen LogP contribution in [0, 0.1) is 0 Å². The predicted octanol–water partition coefficient (Wildman–Crippen LogP) is 2.14. The Morgan fingerprint density at radius 1 is 1.39 bits per heavy atom. The molecule has 0 aliphatic carbocycles. The van der Waals surface area contributed by atoms with Gasteiger partial charge < -0.3 is 15.5 Å². The van der Waals surface area contributed by atoms with Crippen LogP contribution in [0.3, 0.4) is 0 Å². The Bertz CT molecular complexity index is 551. The van der Waals surface area contributed by atoms with Gasteiger partial charge in [0.15, 0.2) is 5.13 Å². The molecular weight excluding hydrogens is 244 g/mol. The zero-order valence-corrected chi connectivity index (χ0v) is 11.5. The van der Waals surface area contributed by atoms with Crippen LogP contribution in [0.25, 0.3) is 10.2 Å².